The van der Waals surface area contributed by atoms with Crippen LogP contribution < -0.4 is 0 Å². The summed E-state index contributed by atoms with van der Waals surface area (Å²) in [4.78, 5) is 18.8. The first-order valence-electron chi connectivity index (χ1n) is 7.90. The lowest BCUT2D eigenvalue weighted by Crippen LogP contribution is -2.37. The fourth-order valence-corrected chi connectivity index (χ4v) is 2.49. The Kier molecular flexibility index (Phi) is 6.34. The van der Waals surface area contributed by atoms with Gasteiger partial charge in [0.05, 0.1) is 12.3 Å². The maximum Gasteiger partial charge on any atom is 0.293 e. The Morgan fingerprint density at radius 1 is 1.33 bits per heavy atom. The van der Waals surface area contributed by atoms with Crippen molar-refractivity contribution in [1.82, 2.24) is 19.7 Å². The summed E-state index contributed by atoms with van der Waals surface area (Å²) in [5.74, 6) is 1.01. The van der Waals surface area contributed by atoms with Crippen LogP contribution in [0.1, 0.15) is 30.3 Å². The van der Waals surface area contributed by atoms with Gasteiger partial charge in [-0.1, -0.05) is 25.4 Å². The van der Waals surface area contributed by atoms with E-state index in [1.165, 1.54) is 0 Å². The molecule has 1 amide bonds. The summed E-state index contributed by atoms with van der Waals surface area (Å²) in [5.41, 5.74) is 0.816. The third-order valence-corrected chi connectivity index (χ3v) is 3.72. The van der Waals surface area contributed by atoms with Crippen LogP contribution in [0.25, 0.3) is 5.69 Å². The highest BCUT2D eigenvalue weighted by Gasteiger charge is 2.22. The quantitative estimate of drug-likeness (QED) is 0.770. The number of amides is 1. The number of carbonyl (C=O) groups excluding carboxylic acids is 1. The van der Waals surface area contributed by atoms with E-state index in [1.807, 2.05) is 19.1 Å². The molecule has 24 heavy (non-hydrogen) atoms. The zero-order valence-corrected chi connectivity index (χ0v) is 15.2. The van der Waals surface area contributed by atoms with E-state index in [0.29, 0.717) is 36.5 Å². The summed E-state index contributed by atoms with van der Waals surface area (Å²) >= 11 is 5.92. The second kappa shape index (κ2) is 8.26. The molecule has 0 unspecified atom stereocenters. The van der Waals surface area contributed by atoms with Crippen LogP contribution in [-0.4, -0.2) is 52.4 Å². The van der Waals surface area contributed by atoms with Crippen LogP contribution >= 0.6 is 11.6 Å². The Morgan fingerprint density at radius 2 is 2.00 bits per heavy atom. The van der Waals surface area contributed by atoms with Gasteiger partial charge in [0.15, 0.2) is 0 Å². The summed E-state index contributed by atoms with van der Waals surface area (Å²) in [7, 11) is 1.62. The molecule has 6 nitrogen and oxygen atoms in total. The summed E-state index contributed by atoms with van der Waals surface area (Å²) in [6, 6.07) is 7.25. The molecule has 0 bridgehead atoms. The van der Waals surface area contributed by atoms with E-state index in [1.54, 1.807) is 28.8 Å². The molecule has 0 fully saturated rings. The molecular weight excluding hydrogens is 328 g/mol. The molecule has 2 rings (SSSR count). The van der Waals surface area contributed by atoms with Gasteiger partial charge in [-0.05, 0) is 37.1 Å². The maximum atomic E-state index is 12.7. The molecule has 1 heterocycles. The van der Waals surface area contributed by atoms with Crippen LogP contribution in [0.4, 0.5) is 0 Å². The zero-order chi connectivity index (χ0) is 17.7. The lowest BCUT2D eigenvalue weighted by molar-refractivity contribution is 0.0660. The van der Waals surface area contributed by atoms with E-state index in [2.05, 4.69) is 23.9 Å². The van der Waals surface area contributed by atoms with Crippen molar-refractivity contribution in [2.75, 3.05) is 26.8 Å². The van der Waals surface area contributed by atoms with Gasteiger partial charge in [-0.3, -0.25) is 4.79 Å². The molecule has 0 saturated heterocycles. The number of rotatable bonds is 7. The molecule has 1 aromatic carbocycles. The van der Waals surface area contributed by atoms with Crippen LogP contribution in [0.2, 0.25) is 5.02 Å². The third kappa shape index (κ3) is 4.55. The van der Waals surface area contributed by atoms with E-state index in [4.69, 9.17) is 16.3 Å². The van der Waals surface area contributed by atoms with Crippen molar-refractivity contribution >= 4 is 17.5 Å². The number of aryl methyl sites for hydroxylation is 1. The van der Waals surface area contributed by atoms with E-state index in [9.17, 15) is 4.79 Å². The van der Waals surface area contributed by atoms with E-state index in [-0.39, 0.29) is 11.7 Å². The average molecular weight is 351 g/mol. The van der Waals surface area contributed by atoms with Crippen molar-refractivity contribution in [3.63, 3.8) is 0 Å². The fraction of sp³-hybridized carbons (Fsp3) is 0.471. The molecule has 2 aromatic rings. The Morgan fingerprint density at radius 3 is 2.58 bits per heavy atom. The van der Waals surface area contributed by atoms with Crippen molar-refractivity contribution in [1.29, 1.82) is 0 Å². The molecule has 7 heteroatoms. The molecule has 0 aliphatic carbocycles. The average Bonchev–Trinajstić information content (AvgIpc) is 2.93. The second-order valence-corrected chi connectivity index (χ2v) is 6.45. The van der Waals surface area contributed by atoms with Crippen molar-refractivity contribution in [3.05, 3.63) is 40.9 Å². The lowest BCUT2D eigenvalue weighted by atomic mass is 10.2. The first-order chi connectivity index (χ1) is 11.4. The van der Waals surface area contributed by atoms with E-state index in [0.717, 1.165) is 5.69 Å². The van der Waals surface area contributed by atoms with Gasteiger partial charge >= 0.3 is 0 Å². The molecule has 0 radical (unpaired) electrons. The smallest absolute Gasteiger partial charge is 0.293 e. The summed E-state index contributed by atoms with van der Waals surface area (Å²) in [6.45, 7) is 7.59. The minimum atomic E-state index is -0.184. The molecular formula is C17H23ClN4O2. The highest BCUT2D eigenvalue weighted by atomic mass is 35.5. The van der Waals surface area contributed by atoms with Gasteiger partial charge in [-0.15, -0.1) is 5.10 Å². The van der Waals surface area contributed by atoms with Crippen LogP contribution in [0.5, 0.6) is 0 Å². The minimum Gasteiger partial charge on any atom is -0.383 e. The lowest BCUT2D eigenvalue weighted by Gasteiger charge is -2.22. The number of nitrogens with zero attached hydrogens (tertiary/aromatic N) is 4. The number of aromatic nitrogens is 3. The Balaban J connectivity index is 2.25. The van der Waals surface area contributed by atoms with Gasteiger partial charge < -0.3 is 9.64 Å². The van der Waals surface area contributed by atoms with Gasteiger partial charge in [0, 0.05) is 25.2 Å². The highest BCUT2D eigenvalue weighted by molar-refractivity contribution is 6.30. The van der Waals surface area contributed by atoms with Gasteiger partial charge in [0.1, 0.15) is 5.82 Å². The van der Waals surface area contributed by atoms with Crippen molar-refractivity contribution in [2.24, 2.45) is 5.92 Å². The predicted molar refractivity (Wildman–Crippen MR) is 93.7 cm³/mol. The predicted octanol–water partition coefficient (Wildman–Crippen LogP) is 2.97. The molecule has 0 N–H and O–H groups in total. The number of methoxy groups -OCH3 is 1. The molecule has 0 atom stereocenters. The summed E-state index contributed by atoms with van der Waals surface area (Å²) in [6.07, 6.45) is 0. The summed E-state index contributed by atoms with van der Waals surface area (Å²) in [5, 5.41) is 5.02. The zero-order valence-electron chi connectivity index (χ0n) is 14.5. The van der Waals surface area contributed by atoms with Gasteiger partial charge in [-0.25, -0.2) is 9.67 Å². The SMILES string of the molecule is COCCN(CC(C)C)C(=O)c1nc(C)n(-c2ccc(Cl)cc2)n1. The molecule has 0 aliphatic heterocycles. The first kappa shape index (κ1) is 18.4. The number of hydrogen-bond donors (Lipinski definition) is 0. The highest BCUT2D eigenvalue weighted by Crippen LogP contribution is 2.15. The largest absolute Gasteiger partial charge is 0.383 e. The number of halogens is 1. The first-order valence-corrected chi connectivity index (χ1v) is 8.28. The van der Waals surface area contributed by atoms with E-state index < -0.39 is 0 Å². The molecule has 0 aliphatic rings. The van der Waals surface area contributed by atoms with Gasteiger partial charge in [-0.2, -0.15) is 0 Å². The Labute approximate surface area is 147 Å². The number of carbonyl (C=O) groups is 1. The normalized spacial score (nSPS) is 11.1. The monoisotopic (exact) mass is 350 g/mol. The Bertz CT molecular complexity index is 682. The Hall–Kier alpha value is -1.92. The molecule has 130 valence electrons. The molecule has 0 saturated carbocycles. The third-order valence-electron chi connectivity index (χ3n) is 3.47. The minimum absolute atomic E-state index is 0.184. The standard InChI is InChI=1S/C17H23ClN4O2/c1-12(2)11-21(9-10-24-4)17(23)16-19-13(3)22(20-16)15-7-5-14(18)6-8-15/h5-8,12H,9-11H2,1-4H3. The van der Waals surface area contributed by atoms with Crippen molar-refractivity contribution < 1.29 is 9.53 Å². The number of hydrogen-bond acceptors (Lipinski definition) is 4. The maximum absolute atomic E-state index is 12.7. The van der Waals surface area contributed by atoms with Crippen LogP contribution in [-0.2, 0) is 4.74 Å². The van der Waals surface area contributed by atoms with Crippen LogP contribution in [0, 0.1) is 12.8 Å². The van der Waals surface area contributed by atoms with Crippen LogP contribution in [0.15, 0.2) is 24.3 Å². The second-order valence-electron chi connectivity index (χ2n) is 6.01. The van der Waals surface area contributed by atoms with E-state index >= 15 is 0 Å². The van der Waals surface area contributed by atoms with Crippen molar-refractivity contribution in [2.45, 2.75) is 20.8 Å². The van der Waals surface area contributed by atoms with Crippen LogP contribution in [0.3, 0.4) is 0 Å². The molecule has 0 spiro atoms. The molecule has 1 aromatic heterocycles. The number of ether oxygens (including phenoxy) is 1. The fourth-order valence-electron chi connectivity index (χ4n) is 2.37. The summed E-state index contributed by atoms with van der Waals surface area (Å²) < 4.78 is 6.74. The van der Waals surface area contributed by atoms with Gasteiger partial charge in [0.25, 0.3) is 5.91 Å². The number of benzene rings is 1. The van der Waals surface area contributed by atoms with Gasteiger partial charge in [0.2, 0.25) is 5.82 Å². The topological polar surface area (TPSA) is 60.2 Å². The van der Waals surface area contributed by atoms with Crippen molar-refractivity contribution in [3.8, 4) is 5.69 Å².